The number of rotatable bonds is 8. The molecule has 2 saturated carbocycles. The van der Waals surface area contributed by atoms with Crippen molar-refractivity contribution in [2.24, 2.45) is 0 Å². The van der Waals surface area contributed by atoms with Crippen LogP contribution in [0.5, 0.6) is 0 Å². The summed E-state index contributed by atoms with van der Waals surface area (Å²) < 4.78 is 16.8. The number of hydrogen-bond donors (Lipinski definition) is 0. The molecule has 0 aliphatic heterocycles. The van der Waals surface area contributed by atoms with Gasteiger partial charge in [0.1, 0.15) is 0 Å². The zero-order chi connectivity index (χ0) is 19.1. The van der Waals surface area contributed by atoms with Crippen molar-refractivity contribution in [2.45, 2.75) is 35.3 Å². The van der Waals surface area contributed by atoms with E-state index in [1.807, 2.05) is 0 Å². The van der Waals surface area contributed by atoms with Gasteiger partial charge in [-0.3, -0.25) is 0 Å². The van der Waals surface area contributed by atoms with Crippen LogP contribution >= 0.6 is 9.30 Å². The van der Waals surface area contributed by atoms with Crippen LogP contribution in [-0.2, 0) is 27.9 Å². The number of halogens is 1. The van der Waals surface area contributed by atoms with E-state index in [1.165, 1.54) is 31.2 Å². The average Bonchev–Trinajstić information content (AvgIpc) is 3.23. The first-order chi connectivity index (χ1) is 12.0. The maximum atomic E-state index is 5.69. The summed E-state index contributed by atoms with van der Waals surface area (Å²) >= 11 is -1.96. The molecule has 0 saturated heterocycles. The second-order valence-electron chi connectivity index (χ2n) is 5.59. The minimum atomic E-state index is -1.34. The van der Waals surface area contributed by atoms with Gasteiger partial charge >= 0.3 is 88.3 Å². The van der Waals surface area contributed by atoms with Gasteiger partial charge in [-0.05, 0) is 69.6 Å². The Bertz CT molecular complexity index is 281. The Hall–Kier alpha value is 3.01. The predicted octanol–water partition coefficient (Wildman–Crippen LogP) is 4.51. The normalized spacial score (nSPS) is 16.5. The monoisotopic (exact) mass is 471 g/mol. The van der Waals surface area contributed by atoms with Gasteiger partial charge in [-0.25, -0.2) is 0 Å². The van der Waals surface area contributed by atoms with Crippen molar-refractivity contribution in [3.05, 3.63) is 70.6 Å². The molecule has 9 heteroatoms. The van der Waals surface area contributed by atoms with Crippen LogP contribution in [0.3, 0.4) is 0 Å². The van der Waals surface area contributed by atoms with E-state index in [1.54, 1.807) is 0 Å². The molecule has 2 aliphatic rings. The van der Waals surface area contributed by atoms with Crippen molar-refractivity contribution in [1.82, 2.24) is 0 Å². The molecule has 0 atom stereocenters. The molecular weight excluding hydrogens is 443 g/mol. The molecule has 137 valence electrons. The van der Waals surface area contributed by atoms with Gasteiger partial charge in [-0.15, -0.1) is 0 Å². The zero-order valence-electron chi connectivity index (χ0n) is 16.7. The summed E-state index contributed by atoms with van der Waals surface area (Å²) in [7, 11) is 4.64. The molecule has 2 fully saturated rings. The topological polar surface area (TPSA) is 27.7 Å². The molecule has 0 N–H and O–H groups in total. The van der Waals surface area contributed by atoms with E-state index in [2.05, 4.69) is 89.6 Å². The fraction of sp³-hybridized carbons (Fsp3) is 0.353. The first kappa shape index (κ1) is 31.2. The van der Waals surface area contributed by atoms with Gasteiger partial charge in [0.15, 0.2) is 0 Å². The van der Waals surface area contributed by atoms with Crippen LogP contribution in [0.2, 0.25) is 28.9 Å². The van der Waals surface area contributed by atoms with E-state index in [0.29, 0.717) is 0 Å². The van der Waals surface area contributed by atoms with E-state index in [0.717, 1.165) is 6.42 Å². The van der Waals surface area contributed by atoms with Crippen molar-refractivity contribution < 1.29 is 27.9 Å². The van der Waals surface area contributed by atoms with Crippen molar-refractivity contribution in [3.8, 4) is 0 Å². The van der Waals surface area contributed by atoms with Crippen molar-refractivity contribution in [2.75, 3.05) is 0 Å². The molecule has 26 heavy (non-hydrogen) atoms. The fourth-order valence-corrected chi connectivity index (χ4v) is 10.6. The molecule has 0 amide bonds. The molecular formula is C17H28Al4ClO3Ti. The molecule has 0 bridgehead atoms. The molecule has 0 spiro atoms. The van der Waals surface area contributed by atoms with Gasteiger partial charge in [-0.2, -0.15) is 0 Å². The van der Waals surface area contributed by atoms with Gasteiger partial charge in [0, 0.05) is 0 Å². The summed E-state index contributed by atoms with van der Waals surface area (Å²) in [5, 5.41) is 0. The van der Waals surface area contributed by atoms with Crippen LogP contribution in [0.25, 0.3) is 0 Å². The van der Waals surface area contributed by atoms with E-state index < -0.39 is 44.1 Å². The zero-order valence-corrected chi connectivity index (χ0v) is 23.7. The summed E-state index contributed by atoms with van der Waals surface area (Å²) in [5.41, 5.74) is 0. The Balaban J connectivity index is 0. The van der Waals surface area contributed by atoms with Gasteiger partial charge in [-0.1, -0.05) is 28.9 Å². The predicted molar refractivity (Wildman–Crippen MR) is 113 cm³/mol. The minimum absolute atomic E-state index is 0. The molecule has 3 nitrogen and oxygen atoms in total. The summed E-state index contributed by atoms with van der Waals surface area (Å²) in [6, 6.07) is 0. The van der Waals surface area contributed by atoms with E-state index in [9.17, 15) is 0 Å². The Morgan fingerprint density at radius 2 is 1.27 bits per heavy atom. The average molecular weight is 472 g/mol. The number of hydrogen-bond acceptors (Lipinski definition) is 3. The third kappa shape index (κ3) is 17.8. The van der Waals surface area contributed by atoms with Crippen LogP contribution in [0.4, 0.5) is 0 Å². The van der Waals surface area contributed by atoms with Crippen molar-refractivity contribution >= 4 is 69.0 Å². The van der Waals surface area contributed by atoms with Crippen molar-refractivity contribution in [3.63, 3.8) is 0 Å². The molecule has 11 radical (unpaired) electrons. The summed E-state index contributed by atoms with van der Waals surface area (Å²) in [5.74, 6) is 13.4. The molecule has 2 rings (SSSR count). The van der Waals surface area contributed by atoms with Gasteiger partial charge in [0.05, 0.1) is 0 Å². The third-order valence-electron chi connectivity index (χ3n) is 3.05. The van der Waals surface area contributed by atoms with E-state index >= 15 is 0 Å². The third-order valence-corrected chi connectivity index (χ3v) is 12.4. The Morgan fingerprint density at radius 1 is 0.846 bits per heavy atom. The second-order valence-corrected chi connectivity index (χ2v) is 13.7. The fourth-order valence-electron chi connectivity index (χ4n) is 2.21. The van der Waals surface area contributed by atoms with Crippen molar-refractivity contribution in [1.29, 1.82) is 0 Å². The standard InChI is InChI=1S/C11H10.6CH3.4Al.ClH.3O.Ti/c1-2-6-10(5-1)9-11-7-3-4-8-11;;;;;;;;;;;;;;;/h1-8H,9H2;6*1H3;;;;;1H;;;;/q;;;;;;-1;;;;;;;;;+2/p-1. The molecule has 0 unspecified atom stereocenters. The first-order valence-corrected chi connectivity index (χ1v) is 19.1. The molecule has 0 aromatic carbocycles. The molecule has 0 aromatic rings. The summed E-state index contributed by atoms with van der Waals surface area (Å²) in [4.78, 5) is 0. The maximum absolute atomic E-state index is 5.69. The molecule has 0 aromatic heterocycles. The van der Waals surface area contributed by atoms with Gasteiger partial charge in [0.2, 0.25) is 0 Å². The molecule has 0 heterocycles. The quantitative estimate of drug-likeness (QED) is 0.385. The Morgan fingerprint density at radius 3 is 1.62 bits per heavy atom. The summed E-state index contributed by atoms with van der Waals surface area (Å²) in [6.07, 6.45) is 18.0. The van der Waals surface area contributed by atoms with Crippen LogP contribution < -0.4 is 0 Å². The molecule has 2 aliphatic carbocycles. The van der Waals surface area contributed by atoms with Crippen LogP contribution in [0.1, 0.15) is 6.42 Å². The van der Waals surface area contributed by atoms with Gasteiger partial charge in [0.25, 0.3) is 0 Å². The van der Waals surface area contributed by atoms with Crippen LogP contribution in [0, 0.1) is 70.6 Å². The van der Waals surface area contributed by atoms with E-state index in [-0.39, 0.29) is 23.0 Å². The van der Waals surface area contributed by atoms with Crippen LogP contribution in [-0.4, -0.2) is 59.7 Å². The SMILES string of the molecule is [CH3-].[CH3][Al][O][Al]([CH3])[O][Al]([CH3])[O][Al]([CH3])[CH3].[CH]1[CH][CH][C](C[C]2[CH][CH][CH][CH]2)[CH]1.[Cl][Ti+]. The van der Waals surface area contributed by atoms with Gasteiger partial charge < -0.3 is 15.9 Å². The Kier molecular flexibility index (Phi) is 25.5. The Labute approximate surface area is 200 Å². The van der Waals surface area contributed by atoms with E-state index in [4.69, 9.17) is 8.52 Å². The summed E-state index contributed by atoms with van der Waals surface area (Å²) in [6.45, 7) is 0. The second kappa shape index (κ2) is 21.3. The van der Waals surface area contributed by atoms with Crippen LogP contribution in [0.15, 0.2) is 0 Å². The first-order valence-electron chi connectivity index (χ1n) is 8.35.